The van der Waals surface area contributed by atoms with Gasteiger partial charge in [0, 0.05) is 26.2 Å². The highest BCUT2D eigenvalue weighted by Crippen LogP contribution is 2.14. The molecule has 0 unspecified atom stereocenters. The third-order valence-electron chi connectivity index (χ3n) is 2.83. The summed E-state index contributed by atoms with van der Waals surface area (Å²) in [6, 6.07) is 9.79. The topological polar surface area (TPSA) is 42.3 Å². The van der Waals surface area contributed by atoms with E-state index in [2.05, 4.69) is 28.5 Å². The van der Waals surface area contributed by atoms with E-state index in [1.807, 2.05) is 24.3 Å². The molecule has 84 valence electrons. The van der Waals surface area contributed by atoms with Crippen molar-refractivity contribution >= 4 is 5.69 Å². The summed E-state index contributed by atoms with van der Waals surface area (Å²) >= 11 is 0. The molecule has 0 aliphatic carbocycles. The predicted molar refractivity (Wildman–Crippen MR) is 63.8 cm³/mol. The molecular formula is C12H16N4. The van der Waals surface area contributed by atoms with Crippen LogP contribution < -0.4 is 5.43 Å². The number of benzene rings is 1. The van der Waals surface area contributed by atoms with Crippen molar-refractivity contribution in [1.29, 1.82) is 5.26 Å². The maximum Gasteiger partial charge on any atom is 0.101 e. The van der Waals surface area contributed by atoms with Crippen LogP contribution in [-0.4, -0.2) is 43.1 Å². The lowest BCUT2D eigenvalue weighted by molar-refractivity contribution is 0.179. The van der Waals surface area contributed by atoms with E-state index in [9.17, 15) is 0 Å². The lowest BCUT2D eigenvalue weighted by atomic mass is 10.2. The number of nitrogens with zero attached hydrogens (tertiary/aromatic N) is 3. The Hall–Kier alpha value is -1.57. The van der Waals surface area contributed by atoms with Crippen molar-refractivity contribution in [2.75, 3.05) is 38.7 Å². The van der Waals surface area contributed by atoms with E-state index in [1.54, 1.807) is 0 Å². The number of hydrogen-bond donors (Lipinski definition) is 1. The summed E-state index contributed by atoms with van der Waals surface area (Å²) in [6.45, 7) is 4.08. The molecule has 1 aliphatic rings. The average Bonchev–Trinajstić information content (AvgIpc) is 2.33. The number of likely N-dealkylation sites (N-methyl/N-ethyl adjacent to an activating group) is 1. The first-order chi connectivity index (χ1) is 7.79. The zero-order chi connectivity index (χ0) is 11.4. The van der Waals surface area contributed by atoms with Crippen molar-refractivity contribution in [3.63, 3.8) is 0 Å². The van der Waals surface area contributed by atoms with Gasteiger partial charge in [0.25, 0.3) is 0 Å². The highest BCUT2D eigenvalue weighted by molar-refractivity contribution is 5.56. The van der Waals surface area contributed by atoms with Crippen molar-refractivity contribution in [2.24, 2.45) is 0 Å². The van der Waals surface area contributed by atoms with Gasteiger partial charge < -0.3 is 10.3 Å². The first-order valence-corrected chi connectivity index (χ1v) is 5.49. The quantitative estimate of drug-likeness (QED) is 0.805. The fraction of sp³-hybridized carbons (Fsp3) is 0.417. The molecule has 0 aromatic heterocycles. The molecule has 1 aromatic rings. The summed E-state index contributed by atoms with van der Waals surface area (Å²) in [5.41, 5.74) is 4.90. The number of rotatable bonds is 2. The number of para-hydroxylation sites is 1. The smallest absolute Gasteiger partial charge is 0.101 e. The molecule has 1 N–H and O–H groups in total. The van der Waals surface area contributed by atoms with E-state index < -0.39 is 0 Å². The number of hydrazine groups is 1. The van der Waals surface area contributed by atoms with Crippen LogP contribution in [0.2, 0.25) is 0 Å². The maximum atomic E-state index is 8.97. The van der Waals surface area contributed by atoms with Gasteiger partial charge in [-0.3, -0.25) is 0 Å². The number of hydrogen-bond acceptors (Lipinski definition) is 4. The molecule has 16 heavy (non-hydrogen) atoms. The lowest BCUT2D eigenvalue weighted by Gasteiger charge is -2.33. The Balaban J connectivity index is 2.01. The average molecular weight is 216 g/mol. The molecular weight excluding hydrogens is 200 g/mol. The van der Waals surface area contributed by atoms with Gasteiger partial charge in [0.15, 0.2) is 0 Å². The van der Waals surface area contributed by atoms with E-state index in [-0.39, 0.29) is 0 Å². The summed E-state index contributed by atoms with van der Waals surface area (Å²) in [5.74, 6) is 0. The largest absolute Gasteiger partial charge is 0.317 e. The Morgan fingerprint density at radius 3 is 2.56 bits per heavy atom. The summed E-state index contributed by atoms with van der Waals surface area (Å²) in [4.78, 5) is 2.30. The van der Waals surface area contributed by atoms with Gasteiger partial charge in [0.2, 0.25) is 0 Å². The van der Waals surface area contributed by atoms with Crippen LogP contribution in [0.4, 0.5) is 5.69 Å². The summed E-state index contributed by atoms with van der Waals surface area (Å²) < 4.78 is 0. The molecule has 0 spiro atoms. The fourth-order valence-electron chi connectivity index (χ4n) is 1.77. The minimum absolute atomic E-state index is 0.696. The molecule has 2 rings (SSSR count). The van der Waals surface area contributed by atoms with Gasteiger partial charge in [-0.15, -0.1) is 0 Å². The minimum atomic E-state index is 0.696. The second-order valence-electron chi connectivity index (χ2n) is 4.06. The highest BCUT2D eigenvalue weighted by Gasteiger charge is 2.14. The van der Waals surface area contributed by atoms with Crippen molar-refractivity contribution in [1.82, 2.24) is 9.91 Å². The van der Waals surface area contributed by atoms with Crippen LogP contribution in [0.15, 0.2) is 24.3 Å². The van der Waals surface area contributed by atoms with Crippen molar-refractivity contribution in [3.05, 3.63) is 29.8 Å². The Morgan fingerprint density at radius 2 is 1.88 bits per heavy atom. The molecule has 1 fully saturated rings. The molecule has 0 atom stereocenters. The van der Waals surface area contributed by atoms with Crippen LogP contribution in [0.5, 0.6) is 0 Å². The van der Waals surface area contributed by atoms with Gasteiger partial charge in [-0.25, -0.2) is 5.01 Å². The monoisotopic (exact) mass is 216 g/mol. The van der Waals surface area contributed by atoms with Gasteiger partial charge in [0.1, 0.15) is 6.07 Å². The molecule has 1 saturated heterocycles. The van der Waals surface area contributed by atoms with Gasteiger partial charge in [-0.1, -0.05) is 12.1 Å². The van der Waals surface area contributed by atoms with Crippen LogP contribution in [0, 0.1) is 11.3 Å². The van der Waals surface area contributed by atoms with E-state index in [1.165, 1.54) is 0 Å². The van der Waals surface area contributed by atoms with E-state index in [0.29, 0.717) is 5.56 Å². The number of anilines is 1. The normalized spacial score (nSPS) is 18.0. The molecule has 0 saturated carbocycles. The van der Waals surface area contributed by atoms with Gasteiger partial charge in [-0.05, 0) is 19.2 Å². The zero-order valence-electron chi connectivity index (χ0n) is 9.48. The number of nitrogens with one attached hydrogen (secondary N) is 1. The molecule has 0 bridgehead atoms. The van der Waals surface area contributed by atoms with Crippen molar-refractivity contribution < 1.29 is 0 Å². The number of piperazine rings is 1. The molecule has 1 aliphatic heterocycles. The van der Waals surface area contributed by atoms with Crippen LogP contribution in [0.25, 0.3) is 0 Å². The van der Waals surface area contributed by atoms with Crippen molar-refractivity contribution in [2.45, 2.75) is 0 Å². The Bertz CT molecular complexity index is 388. The molecule has 1 heterocycles. The Morgan fingerprint density at radius 1 is 1.19 bits per heavy atom. The fourth-order valence-corrected chi connectivity index (χ4v) is 1.77. The highest BCUT2D eigenvalue weighted by atomic mass is 15.5. The van der Waals surface area contributed by atoms with Crippen LogP contribution in [-0.2, 0) is 0 Å². The third kappa shape index (κ3) is 2.51. The molecule has 4 heteroatoms. The van der Waals surface area contributed by atoms with Gasteiger partial charge >= 0.3 is 0 Å². The van der Waals surface area contributed by atoms with Gasteiger partial charge in [-0.2, -0.15) is 5.26 Å². The molecule has 1 aromatic carbocycles. The van der Waals surface area contributed by atoms with Crippen LogP contribution in [0.3, 0.4) is 0 Å². The third-order valence-corrected chi connectivity index (χ3v) is 2.83. The zero-order valence-corrected chi connectivity index (χ0v) is 9.48. The second-order valence-corrected chi connectivity index (χ2v) is 4.06. The standard InChI is InChI=1S/C12H16N4/c1-15-6-8-16(9-7-15)14-12-5-3-2-4-11(12)10-13/h2-5,14H,6-9H2,1H3. The van der Waals surface area contributed by atoms with E-state index in [0.717, 1.165) is 31.9 Å². The second kappa shape index (κ2) is 4.97. The first-order valence-electron chi connectivity index (χ1n) is 5.49. The predicted octanol–water partition coefficient (Wildman–Crippen LogP) is 1.13. The first kappa shape index (κ1) is 10.9. The van der Waals surface area contributed by atoms with Crippen LogP contribution >= 0.6 is 0 Å². The number of nitriles is 1. The molecule has 0 amide bonds. The summed E-state index contributed by atoms with van der Waals surface area (Å²) in [6.07, 6.45) is 0. The van der Waals surface area contributed by atoms with E-state index in [4.69, 9.17) is 5.26 Å². The lowest BCUT2D eigenvalue weighted by Crippen LogP contribution is -2.47. The van der Waals surface area contributed by atoms with Gasteiger partial charge in [0.05, 0.1) is 11.3 Å². The summed E-state index contributed by atoms with van der Waals surface area (Å²) in [5, 5.41) is 11.1. The Kier molecular flexibility index (Phi) is 3.40. The van der Waals surface area contributed by atoms with Crippen molar-refractivity contribution in [3.8, 4) is 6.07 Å². The SMILES string of the molecule is CN1CCN(Nc2ccccc2C#N)CC1. The van der Waals surface area contributed by atoms with E-state index >= 15 is 0 Å². The van der Waals surface area contributed by atoms with Crippen LogP contribution in [0.1, 0.15) is 5.56 Å². The Labute approximate surface area is 96.0 Å². The summed E-state index contributed by atoms with van der Waals surface area (Å²) in [7, 11) is 2.13. The molecule has 4 nitrogen and oxygen atoms in total. The molecule has 0 radical (unpaired) electrons. The maximum absolute atomic E-state index is 8.97. The minimum Gasteiger partial charge on any atom is -0.317 e.